The molecule has 10 nitrogen and oxygen atoms in total. The molecule has 3 heterocycles. The summed E-state index contributed by atoms with van der Waals surface area (Å²) in [7, 11) is 3.16. The number of nitrogens with one attached hydrogen (secondary N) is 3. The summed E-state index contributed by atoms with van der Waals surface area (Å²) in [5.74, 6) is 1.86. The van der Waals surface area contributed by atoms with E-state index in [0.717, 1.165) is 5.56 Å². The number of carbonyl (C=O) groups excluding carboxylic acids is 1. The summed E-state index contributed by atoms with van der Waals surface area (Å²) in [4.78, 5) is 17.4. The lowest BCUT2D eigenvalue weighted by Crippen LogP contribution is -2.50. The van der Waals surface area contributed by atoms with Gasteiger partial charge in [0.15, 0.2) is 6.04 Å². The second-order valence-electron chi connectivity index (χ2n) is 6.34. The summed E-state index contributed by atoms with van der Waals surface area (Å²) in [6, 6.07) is 10.2. The van der Waals surface area contributed by atoms with Crippen LogP contribution >= 0.6 is 0 Å². The van der Waals surface area contributed by atoms with Crippen LogP contribution in [0.2, 0.25) is 0 Å². The Morgan fingerprint density at radius 3 is 2.79 bits per heavy atom. The van der Waals surface area contributed by atoms with Crippen LogP contribution in [-0.4, -0.2) is 40.6 Å². The maximum Gasteiger partial charge on any atom is 0.405 e. The number of carbonyl (C=O) groups is 1. The third kappa shape index (κ3) is 3.35. The van der Waals surface area contributed by atoms with E-state index in [-0.39, 0.29) is 5.91 Å². The molecule has 2 aromatic heterocycles. The van der Waals surface area contributed by atoms with E-state index in [9.17, 15) is 4.79 Å². The Kier molecular flexibility index (Phi) is 4.82. The van der Waals surface area contributed by atoms with E-state index in [1.165, 1.54) is 0 Å². The Balaban J connectivity index is 1.84. The van der Waals surface area contributed by atoms with E-state index >= 15 is 0 Å². The quantitative estimate of drug-likeness (QED) is 0.560. The van der Waals surface area contributed by atoms with Gasteiger partial charge in [-0.2, -0.15) is 0 Å². The molecule has 29 heavy (non-hydrogen) atoms. The van der Waals surface area contributed by atoms with Crippen LogP contribution in [0.15, 0.2) is 53.9 Å². The molecular formula is C19H20N7O3+. The van der Waals surface area contributed by atoms with Gasteiger partial charge in [0.05, 0.1) is 30.6 Å². The number of rotatable bonds is 5. The largest absolute Gasteiger partial charge is 0.497 e. The van der Waals surface area contributed by atoms with Crippen LogP contribution in [-0.2, 0) is 4.79 Å². The highest BCUT2D eigenvalue weighted by atomic mass is 16.5. The van der Waals surface area contributed by atoms with Gasteiger partial charge >= 0.3 is 5.95 Å². The van der Waals surface area contributed by atoms with Crippen LogP contribution < -0.4 is 24.8 Å². The number of ether oxygens (including phenoxy) is 2. The molecule has 0 radical (unpaired) electrons. The second kappa shape index (κ2) is 7.58. The summed E-state index contributed by atoms with van der Waals surface area (Å²) in [6.45, 7) is 1.81. The number of anilines is 2. The number of H-pyrrole nitrogens is 1. The summed E-state index contributed by atoms with van der Waals surface area (Å²) >= 11 is 0. The lowest BCUT2D eigenvalue weighted by molar-refractivity contribution is -0.750. The second-order valence-corrected chi connectivity index (χ2v) is 6.34. The Hall–Kier alpha value is -3.95. The fourth-order valence-electron chi connectivity index (χ4n) is 3.31. The van der Waals surface area contributed by atoms with Gasteiger partial charge in [0.25, 0.3) is 5.91 Å². The molecule has 3 aromatic rings. The van der Waals surface area contributed by atoms with Crippen molar-refractivity contribution in [2.45, 2.75) is 13.0 Å². The maximum absolute atomic E-state index is 13.3. The molecule has 0 bridgehead atoms. The van der Waals surface area contributed by atoms with Gasteiger partial charge in [-0.25, -0.2) is 4.98 Å². The molecule has 1 amide bonds. The zero-order valence-corrected chi connectivity index (χ0v) is 16.1. The SMILES string of the molecule is COc1ccc(OC)c(C2C(C(=O)Nc3ccccn3)=C(C)Nc3nn[nH][n+]32)c1. The van der Waals surface area contributed by atoms with Crippen molar-refractivity contribution in [2.75, 3.05) is 24.9 Å². The van der Waals surface area contributed by atoms with E-state index < -0.39 is 6.04 Å². The number of methoxy groups -OCH3 is 2. The Bertz CT molecular complexity index is 1080. The van der Waals surface area contributed by atoms with Gasteiger partial charge in [0.1, 0.15) is 22.5 Å². The monoisotopic (exact) mass is 394 g/mol. The number of hydrogen-bond donors (Lipinski definition) is 3. The summed E-state index contributed by atoms with van der Waals surface area (Å²) in [6.07, 6.45) is 1.62. The number of benzene rings is 1. The molecule has 1 unspecified atom stereocenters. The number of pyridine rings is 1. The zero-order valence-electron chi connectivity index (χ0n) is 16.1. The Labute approximate surface area is 166 Å². The summed E-state index contributed by atoms with van der Waals surface area (Å²) in [5.41, 5.74) is 1.82. The van der Waals surface area contributed by atoms with Gasteiger partial charge in [-0.05, 0) is 37.3 Å². The lowest BCUT2D eigenvalue weighted by atomic mass is 9.94. The van der Waals surface area contributed by atoms with E-state index in [1.54, 1.807) is 55.4 Å². The topological polar surface area (TPSA) is 118 Å². The number of hydrogen-bond acceptors (Lipinski definition) is 7. The fraction of sp³-hybridized carbons (Fsp3) is 0.211. The number of fused-ring (bicyclic) bond motifs is 1. The van der Waals surface area contributed by atoms with Crippen LogP contribution in [0.25, 0.3) is 0 Å². The first-order chi connectivity index (χ1) is 14.1. The number of nitrogens with zero attached hydrogens (tertiary/aromatic N) is 4. The van der Waals surface area contributed by atoms with Gasteiger partial charge in [-0.3, -0.25) is 10.1 Å². The number of allylic oxidation sites excluding steroid dienone is 1. The molecule has 0 saturated heterocycles. The molecule has 4 rings (SSSR count). The predicted octanol–water partition coefficient (Wildman–Crippen LogP) is 1.43. The molecule has 0 saturated carbocycles. The summed E-state index contributed by atoms with van der Waals surface area (Å²) in [5, 5.41) is 16.7. The average Bonchev–Trinajstić information content (AvgIpc) is 3.20. The Morgan fingerprint density at radius 2 is 2.07 bits per heavy atom. The van der Waals surface area contributed by atoms with E-state index in [4.69, 9.17) is 9.47 Å². The third-order valence-electron chi connectivity index (χ3n) is 4.64. The van der Waals surface area contributed by atoms with Crippen molar-refractivity contribution in [3.8, 4) is 11.5 Å². The molecule has 3 N–H and O–H groups in total. The van der Waals surface area contributed by atoms with E-state index in [2.05, 4.69) is 31.1 Å². The molecule has 0 spiro atoms. The minimum atomic E-state index is -0.574. The van der Waals surface area contributed by atoms with Gasteiger partial charge in [0.2, 0.25) is 0 Å². The molecule has 0 aliphatic carbocycles. The van der Waals surface area contributed by atoms with Crippen LogP contribution in [0.5, 0.6) is 11.5 Å². The van der Waals surface area contributed by atoms with Crippen molar-refractivity contribution in [3.05, 3.63) is 59.4 Å². The van der Waals surface area contributed by atoms with Gasteiger partial charge in [-0.15, -0.1) is 9.90 Å². The Morgan fingerprint density at radius 1 is 1.21 bits per heavy atom. The molecule has 1 atom stereocenters. The van der Waals surface area contributed by atoms with E-state index in [0.29, 0.717) is 34.5 Å². The molecular weight excluding hydrogens is 374 g/mol. The lowest BCUT2D eigenvalue weighted by Gasteiger charge is -2.25. The first-order valence-electron chi connectivity index (χ1n) is 8.87. The molecule has 0 fully saturated rings. The average molecular weight is 394 g/mol. The molecule has 1 aliphatic rings. The maximum atomic E-state index is 13.3. The van der Waals surface area contributed by atoms with Crippen LogP contribution in [0.3, 0.4) is 0 Å². The number of aromatic nitrogens is 5. The molecule has 1 aromatic carbocycles. The van der Waals surface area contributed by atoms with Crippen LogP contribution in [0.4, 0.5) is 11.8 Å². The first kappa shape index (κ1) is 18.4. The standard InChI is InChI=1S/C19H19N7O3/c1-11-16(18(27)22-15-6-4-5-9-20-15)17(26-19(21-11)23-24-25-26)13-10-12(28-2)7-8-14(13)29-3/h4-10,17H,1-3H3,(H2,20,21,22,23,25,27)/p+1. The fourth-order valence-corrected chi connectivity index (χ4v) is 3.31. The normalized spacial score (nSPS) is 15.3. The van der Waals surface area contributed by atoms with Gasteiger partial charge < -0.3 is 14.8 Å². The highest BCUT2D eigenvalue weighted by Crippen LogP contribution is 2.36. The molecule has 148 valence electrons. The van der Waals surface area contributed by atoms with Crippen LogP contribution in [0.1, 0.15) is 18.5 Å². The van der Waals surface area contributed by atoms with Crippen molar-refractivity contribution in [1.82, 2.24) is 20.5 Å². The predicted molar refractivity (Wildman–Crippen MR) is 103 cm³/mol. The summed E-state index contributed by atoms with van der Waals surface area (Å²) < 4.78 is 12.6. The highest BCUT2D eigenvalue weighted by molar-refractivity contribution is 6.05. The minimum Gasteiger partial charge on any atom is -0.497 e. The third-order valence-corrected chi connectivity index (χ3v) is 4.64. The van der Waals surface area contributed by atoms with Gasteiger partial charge in [0, 0.05) is 11.8 Å². The number of amides is 1. The zero-order chi connectivity index (χ0) is 20.4. The van der Waals surface area contributed by atoms with Gasteiger partial charge in [-0.1, -0.05) is 6.07 Å². The van der Waals surface area contributed by atoms with Crippen molar-refractivity contribution in [2.24, 2.45) is 0 Å². The van der Waals surface area contributed by atoms with Crippen LogP contribution in [0, 0.1) is 0 Å². The van der Waals surface area contributed by atoms with Crippen molar-refractivity contribution >= 4 is 17.7 Å². The molecule has 10 heteroatoms. The minimum absolute atomic E-state index is 0.309. The first-order valence-corrected chi connectivity index (χ1v) is 8.87. The van der Waals surface area contributed by atoms with Crippen molar-refractivity contribution in [1.29, 1.82) is 0 Å². The highest BCUT2D eigenvalue weighted by Gasteiger charge is 2.40. The van der Waals surface area contributed by atoms with E-state index in [1.807, 2.05) is 13.0 Å². The number of aromatic amines is 1. The smallest absolute Gasteiger partial charge is 0.405 e. The number of tetrazole rings is 1. The van der Waals surface area contributed by atoms with Crippen molar-refractivity contribution in [3.63, 3.8) is 0 Å². The van der Waals surface area contributed by atoms with Crippen molar-refractivity contribution < 1.29 is 19.0 Å². The molecule has 1 aliphatic heterocycles.